The second kappa shape index (κ2) is 9.17. The van der Waals surface area contributed by atoms with Gasteiger partial charge in [0.1, 0.15) is 11.2 Å². The van der Waals surface area contributed by atoms with Gasteiger partial charge in [-0.25, -0.2) is 18.4 Å². The quantitative estimate of drug-likeness (QED) is 0.397. The third-order valence-electron chi connectivity index (χ3n) is 4.03. The van der Waals surface area contributed by atoms with Gasteiger partial charge in [-0.15, -0.1) is 0 Å². The summed E-state index contributed by atoms with van der Waals surface area (Å²) in [7, 11) is -4.94. The monoisotopic (exact) mass is 555 g/mol. The fraction of sp³-hybridized carbons (Fsp3) is 0.158. The van der Waals surface area contributed by atoms with Gasteiger partial charge in [-0.1, -0.05) is 30.3 Å². The number of ether oxygens (including phenoxy) is 1. The molecular weight excluding hydrogens is 544 g/mol. The summed E-state index contributed by atoms with van der Waals surface area (Å²) in [6, 6.07) is 8.62. The summed E-state index contributed by atoms with van der Waals surface area (Å²) >= 11 is 3.03. The Bertz CT molecular complexity index is 1220. The van der Waals surface area contributed by atoms with Crippen molar-refractivity contribution in [2.24, 2.45) is 0 Å². The molecule has 1 heterocycles. The fourth-order valence-electron chi connectivity index (χ4n) is 2.52. The number of alkyl halides is 6. The summed E-state index contributed by atoms with van der Waals surface area (Å²) in [5.74, 6) is -0.875. The molecule has 3 aromatic rings. The van der Waals surface area contributed by atoms with Crippen molar-refractivity contribution in [2.75, 3.05) is 4.72 Å². The minimum absolute atomic E-state index is 0.0670. The van der Waals surface area contributed by atoms with Crippen LogP contribution in [-0.4, -0.2) is 18.4 Å². The highest BCUT2D eigenvalue weighted by atomic mass is 79.9. The van der Waals surface area contributed by atoms with E-state index in [0.717, 1.165) is 6.20 Å². The van der Waals surface area contributed by atoms with Crippen LogP contribution in [0.15, 0.2) is 64.2 Å². The Labute approximate surface area is 191 Å². The molecule has 0 amide bonds. The van der Waals surface area contributed by atoms with Crippen molar-refractivity contribution in [3.8, 4) is 5.88 Å². The van der Waals surface area contributed by atoms with Crippen LogP contribution in [0.5, 0.6) is 5.88 Å². The van der Waals surface area contributed by atoms with Gasteiger partial charge in [0.25, 0.3) is 15.9 Å². The van der Waals surface area contributed by atoms with Gasteiger partial charge in [0, 0.05) is 0 Å². The molecule has 2 aromatic carbocycles. The Morgan fingerprint density at radius 1 is 0.939 bits per heavy atom. The molecule has 1 aromatic heterocycles. The van der Waals surface area contributed by atoms with Crippen LogP contribution in [0.3, 0.4) is 0 Å². The Morgan fingerprint density at radius 3 is 2.06 bits per heavy atom. The average Bonchev–Trinajstić information content (AvgIpc) is 2.73. The molecule has 0 bridgehead atoms. The molecular formula is C19H12BrF6N3O3S. The standard InChI is InChI=1S/C19H12BrF6N3O3S/c20-15-9-27-16(17(28-15)32-10-11-4-2-1-3-5-11)29-33(30,31)14-7-12(18(21,22)23)6-13(8-14)19(24,25)26/h1-9H,10H2,(H,27,29). The molecule has 0 saturated heterocycles. The van der Waals surface area contributed by atoms with E-state index in [4.69, 9.17) is 4.74 Å². The summed E-state index contributed by atoms with van der Waals surface area (Å²) in [5, 5.41) is 0. The zero-order valence-corrected chi connectivity index (χ0v) is 18.5. The largest absolute Gasteiger partial charge is 0.470 e. The zero-order chi connectivity index (χ0) is 24.4. The first-order chi connectivity index (χ1) is 15.3. The third-order valence-corrected chi connectivity index (χ3v) is 5.73. The van der Waals surface area contributed by atoms with Crippen LogP contribution in [-0.2, 0) is 29.0 Å². The number of sulfonamides is 1. The van der Waals surface area contributed by atoms with Crippen molar-refractivity contribution in [1.82, 2.24) is 9.97 Å². The summed E-state index contributed by atoms with van der Waals surface area (Å²) in [6.07, 6.45) is -9.36. The van der Waals surface area contributed by atoms with E-state index in [9.17, 15) is 34.8 Å². The van der Waals surface area contributed by atoms with Gasteiger partial charge in [0.2, 0.25) is 5.82 Å². The number of benzene rings is 2. The molecule has 0 aliphatic carbocycles. The SMILES string of the molecule is O=S(=O)(Nc1ncc(Br)nc1OCc1ccccc1)c1cc(C(F)(F)F)cc(C(F)(F)F)c1. The summed E-state index contributed by atoms with van der Waals surface area (Å²) < 4.78 is 111. The topological polar surface area (TPSA) is 81.2 Å². The number of nitrogens with zero attached hydrogens (tertiary/aromatic N) is 2. The second-order valence-corrected chi connectivity index (χ2v) is 8.96. The van der Waals surface area contributed by atoms with Crippen molar-refractivity contribution in [2.45, 2.75) is 23.9 Å². The minimum atomic E-state index is -5.22. The van der Waals surface area contributed by atoms with Crippen LogP contribution in [0.2, 0.25) is 0 Å². The van der Waals surface area contributed by atoms with Crippen LogP contribution in [0.1, 0.15) is 16.7 Å². The number of halogens is 7. The van der Waals surface area contributed by atoms with E-state index in [2.05, 4.69) is 25.9 Å². The van der Waals surface area contributed by atoms with Crippen molar-refractivity contribution in [3.05, 3.63) is 76.0 Å². The smallest absolute Gasteiger partial charge is 0.416 e. The summed E-state index contributed by atoms with van der Waals surface area (Å²) in [5.41, 5.74) is -2.87. The van der Waals surface area contributed by atoms with E-state index < -0.39 is 44.2 Å². The molecule has 0 aliphatic heterocycles. The van der Waals surface area contributed by atoms with Crippen molar-refractivity contribution < 1.29 is 39.5 Å². The zero-order valence-electron chi connectivity index (χ0n) is 16.1. The molecule has 6 nitrogen and oxygen atoms in total. The molecule has 0 saturated carbocycles. The maximum Gasteiger partial charge on any atom is 0.416 e. The predicted molar refractivity (Wildman–Crippen MR) is 108 cm³/mol. The van der Waals surface area contributed by atoms with Gasteiger partial charge in [-0.2, -0.15) is 26.3 Å². The number of nitrogens with one attached hydrogen (secondary N) is 1. The number of hydrogen-bond donors (Lipinski definition) is 1. The Morgan fingerprint density at radius 2 is 1.52 bits per heavy atom. The molecule has 3 rings (SSSR count). The third kappa shape index (κ3) is 6.35. The number of rotatable bonds is 6. The predicted octanol–water partition coefficient (Wildman–Crippen LogP) is 5.66. The van der Waals surface area contributed by atoms with Crippen molar-refractivity contribution in [3.63, 3.8) is 0 Å². The molecule has 0 spiro atoms. The lowest BCUT2D eigenvalue weighted by Gasteiger charge is -2.16. The fourth-order valence-corrected chi connectivity index (χ4v) is 3.86. The van der Waals surface area contributed by atoms with E-state index in [1.165, 1.54) is 0 Å². The Balaban J connectivity index is 1.98. The van der Waals surface area contributed by atoms with Crippen LogP contribution in [0, 0.1) is 0 Å². The maximum absolute atomic E-state index is 13.1. The van der Waals surface area contributed by atoms with Crippen LogP contribution < -0.4 is 9.46 Å². The van der Waals surface area contributed by atoms with E-state index in [1.807, 2.05) is 4.72 Å². The van der Waals surface area contributed by atoms with E-state index in [-0.39, 0.29) is 35.3 Å². The van der Waals surface area contributed by atoms with Gasteiger partial charge in [-0.05, 0) is 39.7 Å². The molecule has 0 unspecified atom stereocenters. The van der Waals surface area contributed by atoms with E-state index >= 15 is 0 Å². The van der Waals surface area contributed by atoms with Crippen molar-refractivity contribution >= 4 is 31.8 Å². The van der Waals surface area contributed by atoms with Crippen LogP contribution in [0.25, 0.3) is 0 Å². The van der Waals surface area contributed by atoms with Gasteiger partial charge in [0.05, 0.1) is 22.2 Å². The van der Waals surface area contributed by atoms with Crippen molar-refractivity contribution in [1.29, 1.82) is 0 Å². The number of aromatic nitrogens is 2. The normalized spacial score (nSPS) is 12.5. The number of anilines is 1. The van der Waals surface area contributed by atoms with E-state index in [0.29, 0.717) is 5.56 Å². The first kappa shape index (κ1) is 24.8. The maximum atomic E-state index is 13.1. The first-order valence-corrected chi connectivity index (χ1v) is 11.0. The molecule has 176 valence electrons. The van der Waals surface area contributed by atoms with Crippen LogP contribution >= 0.6 is 15.9 Å². The Hall–Kier alpha value is -2.87. The molecule has 0 fully saturated rings. The summed E-state index contributed by atoms with van der Waals surface area (Å²) in [6.45, 7) is -0.0670. The lowest BCUT2D eigenvalue weighted by molar-refractivity contribution is -0.143. The van der Waals surface area contributed by atoms with Gasteiger partial charge in [-0.3, -0.25) is 4.72 Å². The first-order valence-electron chi connectivity index (χ1n) is 8.77. The highest BCUT2D eigenvalue weighted by Gasteiger charge is 2.38. The second-order valence-electron chi connectivity index (χ2n) is 6.47. The molecule has 0 aliphatic rings. The highest BCUT2D eigenvalue weighted by Crippen LogP contribution is 2.37. The minimum Gasteiger partial charge on any atom is -0.470 e. The van der Waals surface area contributed by atoms with Gasteiger partial charge >= 0.3 is 12.4 Å². The molecule has 1 N–H and O–H groups in total. The molecule has 14 heteroatoms. The molecule has 33 heavy (non-hydrogen) atoms. The highest BCUT2D eigenvalue weighted by molar-refractivity contribution is 9.10. The van der Waals surface area contributed by atoms with Crippen LogP contribution in [0.4, 0.5) is 32.2 Å². The molecule has 0 atom stereocenters. The number of hydrogen-bond acceptors (Lipinski definition) is 5. The lowest BCUT2D eigenvalue weighted by Crippen LogP contribution is -2.18. The Kier molecular flexibility index (Phi) is 6.88. The molecule has 0 radical (unpaired) electrons. The van der Waals surface area contributed by atoms with E-state index in [1.54, 1.807) is 30.3 Å². The lowest BCUT2D eigenvalue weighted by atomic mass is 10.1. The van der Waals surface area contributed by atoms with Gasteiger partial charge < -0.3 is 4.74 Å². The van der Waals surface area contributed by atoms with Gasteiger partial charge in [0.15, 0.2) is 0 Å². The summed E-state index contributed by atoms with van der Waals surface area (Å²) in [4.78, 5) is 6.44. The average molecular weight is 556 g/mol.